The molecule has 0 spiro atoms. The van der Waals surface area contributed by atoms with Crippen molar-refractivity contribution in [1.82, 2.24) is 25.3 Å². The van der Waals surface area contributed by atoms with Crippen molar-refractivity contribution in [1.29, 1.82) is 0 Å². The van der Waals surface area contributed by atoms with Crippen molar-refractivity contribution in [3.8, 4) is 5.82 Å². The van der Waals surface area contributed by atoms with E-state index in [0.29, 0.717) is 10.8 Å². The molecule has 18 heavy (non-hydrogen) atoms. The largest absolute Gasteiger partial charge is 0.311 e. The maximum absolute atomic E-state index is 5.95. The van der Waals surface area contributed by atoms with E-state index in [1.165, 1.54) is 0 Å². The molecule has 0 amide bonds. The van der Waals surface area contributed by atoms with Gasteiger partial charge in [-0.1, -0.05) is 18.5 Å². The van der Waals surface area contributed by atoms with Crippen LogP contribution in [-0.4, -0.2) is 26.5 Å². The fourth-order valence-corrected chi connectivity index (χ4v) is 1.65. The molecule has 0 atom stereocenters. The van der Waals surface area contributed by atoms with Crippen LogP contribution in [0.25, 0.3) is 5.82 Å². The zero-order valence-electron chi connectivity index (χ0n) is 10.5. The highest BCUT2D eigenvalue weighted by Crippen LogP contribution is 2.14. The highest BCUT2D eigenvalue weighted by atomic mass is 35.5. The van der Waals surface area contributed by atoms with Crippen LogP contribution < -0.4 is 5.32 Å². The molecule has 5 nitrogen and oxygen atoms in total. The quantitative estimate of drug-likeness (QED) is 0.842. The summed E-state index contributed by atoms with van der Waals surface area (Å²) in [4.78, 5) is 0. The van der Waals surface area contributed by atoms with Crippen LogP contribution in [-0.2, 0) is 6.54 Å². The Kier molecular flexibility index (Phi) is 4.28. The molecule has 0 bridgehead atoms. The van der Waals surface area contributed by atoms with Crippen LogP contribution in [0.5, 0.6) is 0 Å². The van der Waals surface area contributed by atoms with Crippen molar-refractivity contribution in [3.05, 3.63) is 34.7 Å². The van der Waals surface area contributed by atoms with Crippen molar-refractivity contribution in [2.45, 2.75) is 26.8 Å². The van der Waals surface area contributed by atoms with Gasteiger partial charge in [0.05, 0.1) is 22.6 Å². The average molecular weight is 266 g/mol. The lowest BCUT2D eigenvalue weighted by atomic mass is 10.3. The number of hydrogen-bond donors (Lipinski definition) is 1. The first-order valence-corrected chi connectivity index (χ1v) is 6.34. The van der Waals surface area contributed by atoms with E-state index in [-0.39, 0.29) is 0 Å². The summed E-state index contributed by atoms with van der Waals surface area (Å²) in [5.41, 5.74) is 1.70. The molecule has 0 radical (unpaired) electrons. The van der Waals surface area contributed by atoms with Crippen LogP contribution >= 0.6 is 11.6 Å². The molecule has 0 aliphatic heterocycles. The van der Waals surface area contributed by atoms with E-state index < -0.39 is 0 Å². The lowest BCUT2D eigenvalue weighted by molar-refractivity contribution is 0.653. The SMILES string of the molecule is CCCNCc1ccc(-n2cc(Cl)c(C)n2)nn1. The smallest absolute Gasteiger partial charge is 0.175 e. The molecule has 0 unspecified atom stereocenters. The van der Waals surface area contributed by atoms with Gasteiger partial charge in [0.1, 0.15) is 0 Å². The number of rotatable bonds is 5. The number of nitrogens with one attached hydrogen (secondary N) is 1. The first-order valence-electron chi connectivity index (χ1n) is 5.96. The summed E-state index contributed by atoms with van der Waals surface area (Å²) >= 11 is 5.95. The minimum absolute atomic E-state index is 0.630. The van der Waals surface area contributed by atoms with Gasteiger partial charge in [0.2, 0.25) is 0 Å². The number of aromatic nitrogens is 4. The third kappa shape index (κ3) is 3.05. The lowest BCUT2D eigenvalue weighted by Gasteiger charge is -2.03. The second kappa shape index (κ2) is 5.93. The number of aryl methyl sites for hydroxylation is 1. The van der Waals surface area contributed by atoms with Crippen molar-refractivity contribution >= 4 is 11.6 Å². The zero-order valence-corrected chi connectivity index (χ0v) is 11.3. The van der Waals surface area contributed by atoms with Gasteiger partial charge in [0.15, 0.2) is 5.82 Å². The molecule has 0 aliphatic carbocycles. The van der Waals surface area contributed by atoms with E-state index >= 15 is 0 Å². The number of nitrogens with zero attached hydrogens (tertiary/aromatic N) is 4. The Morgan fingerprint density at radius 2 is 2.17 bits per heavy atom. The fourth-order valence-electron chi connectivity index (χ4n) is 1.52. The minimum atomic E-state index is 0.630. The zero-order chi connectivity index (χ0) is 13.0. The molecule has 2 aromatic rings. The first kappa shape index (κ1) is 13.0. The predicted octanol–water partition coefficient (Wildman–Crippen LogP) is 2.12. The number of hydrogen-bond acceptors (Lipinski definition) is 4. The number of halogens is 1. The summed E-state index contributed by atoms with van der Waals surface area (Å²) < 4.78 is 1.63. The molecule has 0 saturated carbocycles. The lowest BCUT2D eigenvalue weighted by Crippen LogP contribution is -2.15. The van der Waals surface area contributed by atoms with Crippen LogP contribution in [0.1, 0.15) is 24.7 Å². The van der Waals surface area contributed by atoms with Crippen LogP contribution in [0.2, 0.25) is 5.02 Å². The van der Waals surface area contributed by atoms with Gasteiger partial charge in [-0.25, -0.2) is 4.68 Å². The van der Waals surface area contributed by atoms with Gasteiger partial charge in [0.25, 0.3) is 0 Å². The topological polar surface area (TPSA) is 55.6 Å². The molecule has 0 aliphatic rings. The van der Waals surface area contributed by atoms with Gasteiger partial charge in [-0.3, -0.25) is 0 Å². The van der Waals surface area contributed by atoms with Crippen LogP contribution in [0.3, 0.4) is 0 Å². The van der Waals surface area contributed by atoms with Crippen LogP contribution in [0.4, 0.5) is 0 Å². The van der Waals surface area contributed by atoms with Gasteiger partial charge < -0.3 is 5.32 Å². The molecule has 96 valence electrons. The van der Waals surface area contributed by atoms with Gasteiger partial charge in [-0.2, -0.15) is 10.2 Å². The Bertz CT molecular complexity index is 486. The van der Waals surface area contributed by atoms with Gasteiger partial charge in [-0.05, 0) is 32.0 Å². The van der Waals surface area contributed by atoms with Crippen LogP contribution in [0.15, 0.2) is 18.3 Å². The summed E-state index contributed by atoms with van der Waals surface area (Å²) in [5.74, 6) is 0.671. The summed E-state index contributed by atoms with van der Waals surface area (Å²) in [6, 6.07) is 3.83. The van der Waals surface area contributed by atoms with Crippen molar-refractivity contribution in [2.75, 3.05) is 6.54 Å². The molecule has 2 aromatic heterocycles. The van der Waals surface area contributed by atoms with Crippen LogP contribution in [0, 0.1) is 6.92 Å². The van der Waals surface area contributed by atoms with Crippen molar-refractivity contribution < 1.29 is 0 Å². The molecule has 0 saturated heterocycles. The first-order chi connectivity index (χ1) is 8.70. The Balaban J connectivity index is 2.07. The van der Waals surface area contributed by atoms with E-state index in [1.807, 2.05) is 19.1 Å². The Labute approximate surface area is 111 Å². The molecule has 0 aromatic carbocycles. The minimum Gasteiger partial charge on any atom is -0.311 e. The molecule has 2 rings (SSSR count). The summed E-state index contributed by atoms with van der Waals surface area (Å²) in [5, 5.41) is 16.4. The Morgan fingerprint density at radius 1 is 1.33 bits per heavy atom. The van der Waals surface area contributed by atoms with Gasteiger partial charge in [-0.15, -0.1) is 5.10 Å². The standard InChI is InChI=1S/C12H16ClN5/c1-3-6-14-7-10-4-5-12(16-15-10)18-8-11(13)9(2)17-18/h4-5,8,14H,3,6-7H2,1-2H3. The highest BCUT2D eigenvalue weighted by Gasteiger charge is 2.05. The van der Waals surface area contributed by atoms with Crippen molar-refractivity contribution in [3.63, 3.8) is 0 Å². The molecular formula is C12H16ClN5. The Morgan fingerprint density at radius 3 is 2.72 bits per heavy atom. The normalized spacial score (nSPS) is 10.8. The molecular weight excluding hydrogens is 250 g/mol. The second-order valence-corrected chi connectivity index (χ2v) is 4.47. The summed E-state index contributed by atoms with van der Waals surface area (Å²) in [6.07, 6.45) is 2.84. The van der Waals surface area contributed by atoms with E-state index in [9.17, 15) is 0 Å². The maximum atomic E-state index is 5.95. The molecule has 2 heterocycles. The van der Waals surface area contributed by atoms with Gasteiger partial charge in [0, 0.05) is 6.54 Å². The summed E-state index contributed by atoms with van der Waals surface area (Å²) in [7, 11) is 0. The van der Waals surface area contributed by atoms with E-state index in [1.54, 1.807) is 10.9 Å². The summed E-state index contributed by atoms with van der Waals surface area (Å²) in [6.45, 7) is 5.71. The van der Waals surface area contributed by atoms with E-state index in [2.05, 4.69) is 27.5 Å². The van der Waals surface area contributed by atoms with Gasteiger partial charge >= 0.3 is 0 Å². The monoisotopic (exact) mass is 265 g/mol. The van der Waals surface area contributed by atoms with E-state index in [4.69, 9.17) is 11.6 Å². The average Bonchev–Trinajstić information content (AvgIpc) is 2.71. The third-order valence-corrected chi connectivity index (χ3v) is 2.88. The predicted molar refractivity (Wildman–Crippen MR) is 70.9 cm³/mol. The Hall–Kier alpha value is -1.46. The third-order valence-electron chi connectivity index (χ3n) is 2.51. The highest BCUT2D eigenvalue weighted by molar-refractivity contribution is 6.31. The maximum Gasteiger partial charge on any atom is 0.175 e. The molecule has 0 fully saturated rings. The molecule has 6 heteroatoms. The molecule has 1 N–H and O–H groups in total. The fraction of sp³-hybridized carbons (Fsp3) is 0.417. The van der Waals surface area contributed by atoms with Crippen molar-refractivity contribution in [2.24, 2.45) is 0 Å². The second-order valence-electron chi connectivity index (χ2n) is 4.07. The van der Waals surface area contributed by atoms with E-state index in [0.717, 1.165) is 30.9 Å².